The molecule has 166 valence electrons. The topological polar surface area (TPSA) is 58.1 Å². The second kappa shape index (κ2) is 9.51. The number of ether oxygens (including phenoxy) is 2. The van der Waals surface area contributed by atoms with Gasteiger partial charge in [0.1, 0.15) is 5.82 Å². The number of carbonyl (C=O) groups is 1. The van der Waals surface area contributed by atoms with Gasteiger partial charge >= 0.3 is 0 Å². The Bertz CT molecular complexity index is 964. The Labute approximate surface area is 192 Å². The number of halogens is 2. The predicted molar refractivity (Wildman–Crippen MR) is 122 cm³/mol. The van der Waals surface area contributed by atoms with Gasteiger partial charge in [-0.15, -0.1) is 0 Å². The maximum absolute atomic E-state index is 13.0. The quantitative estimate of drug-likeness (QED) is 0.677. The number of anilines is 1. The highest BCUT2D eigenvalue weighted by molar-refractivity contribution is 6.36. The van der Waals surface area contributed by atoms with Crippen LogP contribution in [0.25, 0.3) is 0 Å². The molecule has 0 unspecified atom stereocenters. The number of carbonyl (C=O) groups excluding carboxylic acids is 1. The molecule has 2 aliphatic heterocycles. The second-order valence-electron chi connectivity index (χ2n) is 7.76. The number of piperazine rings is 1. The molecule has 1 aromatic heterocycles. The van der Waals surface area contributed by atoms with E-state index < -0.39 is 0 Å². The van der Waals surface area contributed by atoms with Crippen LogP contribution in [0.5, 0.6) is 11.5 Å². The number of nitrogens with zero attached hydrogens (tertiary/aromatic N) is 4. The number of benzene rings is 1. The van der Waals surface area contributed by atoms with Crippen LogP contribution in [0.3, 0.4) is 0 Å². The van der Waals surface area contributed by atoms with Crippen molar-refractivity contribution < 1.29 is 14.3 Å². The molecule has 4 rings (SSSR count). The van der Waals surface area contributed by atoms with E-state index in [2.05, 4.69) is 14.8 Å². The summed E-state index contributed by atoms with van der Waals surface area (Å²) in [6.07, 6.45) is 2.42. The van der Waals surface area contributed by atoms with Gasteiger partial charge in [-0.1, -0.05) is 23.2 Å². The van der Waals surface area contributed by atoms with Crippen LogP contribution in [0.2, 0.25) is 10.0 Å². The lowest BCUT2D eigenvalue weighted by Gasteiger charge is -2.37. The van der Waals surface area contributed by atoms with E-state index in [1.165, 1.54) is 5.56 Å². The van der Waals surface area contributed by atoms with Gasteiger partial charge < -0.3 is 19.3 Å². The van der Waals surface area contributed by atoms with E-state index in [4.69, 9.17) is 32.7 Å². The summed E-state index contributed by atoms with van der Waals surface area (Å²) in [6, 6.07) is 5.71. The van der Waals surface area contributed by atoms with Gasteiger partial charge in [-0.25, -0.2) is 4.98 Å². The van der Waals surface area contributed by atoms with Crippen LogP contribution in [0.4, 0.5) is 5.82 Å². The van der Waals surface area contributed by atoms with E-state index in [0.717, 1.165) is 49.7 Å². The van der Waals surface area contributed by atoms with Crippen LogP contribution in [-0.2, 0) is 17.8 Å². The average molecular weight is 465 g/mol. The average Bonchev–Trinajstić information content (AvgIpc) is 2.78. The molecule has 7 nitrogen and oxygen atoms in total. The van der Waals surface area contributed by atoms with Crippen molar-refractivity contribution in [1.82, 2.24) is 14.8 Å². The molecule has 0 saturated carbocycles. The highest BCUT2D eigenvalue weighted by Crippen LogP contribution is 2.33. The number of pyridine rings is 1. The number of rotatable bonds is 5. The Kier molecular flexibility index (Phi) is 6.74. The Balaban J connectivity index is 1.34. The minimum atomic E-state index is 0.150. The van der Waals surface area contributed by atoms with Crippen LogP contribution in [0, 0.1) is 0 Å². The molecule has 0 atom stereocenters. The summed E-state index contributed by atoms with van der Waals surface area (Å²) < 4.78 is 10.8. The van der Waals surface area contributed by atoms with Crippen LogP contribution in [0.1, 0.15) is 11.1 Å². The molecule has 0 radical (unpaired) electrons. The number of methoxy groups -OCH3 is 2. The van der Waals surface area contributed by atoms with E-state index in [0.29, 0.717) is 35.4 Å². The molecule has 1 aromatic carbocycles. The molecule has 0 spiro atoms. The first-order chi connectivity index (χ1) is 15.0. The van der Waals surface area contributed by atoms with Gasteiger partial charge in [-0.3, -0.25) is 9.69 Å². The monoisotopic (exact) mass is 464 g/mol. The highest BCUT2D eigenvalue weighted by atomic mass is 35.5. The van der Waals surface area contributed by atoms with E-state index in [1.54, 1.807) is 26.5 Å². The number of aromatic nitrogens is 1. The number of hydrogen-bond donors (Lipinski definition) is 0. The molecule has 9 heteroatoms. The molecule has 0 N–H and O–H groups in total. The van der Waals surface area contributed by atoms with Crippen molar-refractivity contribution in [1.29, 1.82) is 0 Å². The maximum Gasteiger partial charge on any atom is 0.237 e. The zero-order valence-corrected chi connectivity index (χ0v) is 19.2. The summed E-state index contributed by atoms with van der Waals surface area (Å²) in [5.41, 5.74) is 2.33. The Morgan fingerprint density at radius 3 is 2.32 bits per heavy atom. The highest BCUT2D eigenvalue weighted by Gasteiger charge is 2.26. The third kappa shape index (κ3) is 4.84. The molecule has 1 amide bonds. The Morgan fingerprint density at radius 1 is 1.00 bits per heavy atom. The normalized spacial score (nSPS) is 16.8. The number of fused-ring (bicyclic) bond motifs is 1. The predicted octanol–water partition coefficient (Wildman–Crippen LogP) is 3.11. The van der Waals surface area contributed by atoms with Crippen molar-refractivity contribution in [3.63, 3.8) is 0 Å². The van der Waals surface area contributed by atoms with E-state index in [-0.39, 0.29) is 5.91 Å². The fourth-order valence-corrected chi connectivity index (χ4v) is 4.64. The first-order valence-corrected chi connectivity index (χ1v) is 11.0. The molecule has 1 saturated heterocycles. The molecule has 1 fully saturated rings. The van der Waals surface area contributed by atoms with E-state index in [1.807, 2.05) is 17.0 Å². The van der Waals surface area contributed by atoms with Gasteiger partial charge in [0, 0.05) is 45.5 Å². The van der Waals surface area contributed by atoms with Crippen molar-refractivity contribution in [3.8, 4) is 11.5 Å². The summed E-state index contributed by atoms with van der Waals surface area (Å²) >= 11 is 12.2. The minimum Gasteiger partial charge on any atom is -0.493 e. The van der Waals surface area contributed by atoms with Crippen LogP contribution < -0.4 is 14.4 Å². The lowest BCUT2D eigenvalue weighted by molar-refractivity contribution is -0.133. The van der Waals surface area contributed by atoms with Crippen molar-refractivity contribution in [2.75, 3.05) is 58.4 Å². The smallest absolute Gasteiger partial charge is 0.237 e. The fraction of sp³-hybridized carbons (Fsp3) is 0.455. The van der Waals surface area contributed by atoms with Crippen LogP contribution in [0.15, 0.2) is 24.4 Å². The summed E-state index contributed by atoms with van der Waals surface area (Å²) in [7, 11) is 3.27. The van der Waals surface area contributed by atoms with E-state index in [9.17, 15) is 4.79 Å². The van der Waals surface area contributed by atoms with E-state index >= 15 is 0 Å². The fourth-order valence-electron chi connectivity index (χ4n) is 4.15. The molecule has 2 aliphatic rings. The number of amides is 1. The van der Waals surface area contributed by atoms with Crippen LogP contribution in [-0.4, -0.2) is 74.2 Å². The van der Waals surface area contributed by atoms with Gasteiger partial charge in [0.25, 0.3) is 0 Å². The van der Waals surface area contributed by atoms with Crippen molar-refractivity contribution in [2.24, 2.45) is 0 Å². The molecule has 0 aliphatic carbocycles. The SMILES string of the molecule is COc1cc2c(cc1OC)CN(C(=O)CN1CCN(c3ncc(Cl)cc3Cl)CC1)CC2. The lowest BCUT2D eigenvalue weighted by atomic mass is 9.98. The molecular formula is C22H26Cl2N4O3. The van der Waals surface area contributed by atoms with Crippen molar-refractivity contribution >= 4 is 34.9 Å². The standard InChI is InChI=1S/C22H26Cl2N4O3/c1-30-19-9-15-3-4-28(13-16(15)10-20(19)31-2)21(29)14-26-5-7-27(8-6-26)22-18(24)11-17(23)12-25-22/h9-12H,3-8,13-14H2,1-2H3. The molecule has 3 heterocycles. The third-order valence-electron chi connectivity index (χ3n) is 5.89. The summed E-state index contributed by atoms with van der Waals surface area (Å²) in [5.74, 6) is 2.32. The zero-order chi connectivity index (χ0) is 22.0. The van der Waals surface area contributed by atoms with Gasteiger partial charge in [-0.05, 0) is 35.7 Å². The number of hydrogen-bond acceptors (Lipinski definition) is 6. The van der Waals surface area contributed by atoms with Gasteiger partial charge in [0.05, 0.1) is 30.8 Å². The second-order valence-corrected chi connectivity index (χ2v) is 8.61. The summed E-state index contributed by atoms with van der Waals surface area (Å²) in [5, 5.41) is 1.08. The lowest BCUT2D eigenvalue weighted by Crippen LogP contribution is -2.50. The Morgan fingerprint density at radius 2 is 1.68 bits per heavy atom. The minimum absolute atomic E-state index is 0.150. The van der Waals surface area contributed by atoms with Crippen LogP contribution >= 0.6 is 23.2 Å². The maximum atomic E-state index is 13.0. The van der Waals surface area contributed by atoms with Gasteiger partial charge in [0.2, 0.25) is 5.91 Å². The molecule has 31 heavy (non-hydrogen) atoms. The summed E-state index contributed by atoms with van der Waals surface area (Å²) in [6.45, 7) is 4.81. The molecule has 2 aromatic rings. The Hall–Kier alpha value is -2.22. The van der Waals surface area contributed by atoms with Crippen molar-refractivity contribution in [3.05, 3.63) is 45.6 Å². The zero-order valence-electron chi connectivity index (χ0n) is 17.7. The van der Waals surface area contributed by atoms with Gasteiger partial charge in [-0.2, -0.15) is 0 Å². The third-order valence-corrected chi connectivity index (χ3v) is 6.37. The first-order valence-electron chi connectivity index (χ1n) is 10.3. The molecule has 0 bridgehead atoms. The summed E-state index contributed by atoms with van der Waals surface area (Å²) in [4.78, 5) is 23.6. The van der Waals surface area contributed by atoms with Gasteiger partial charge in [0.15, 0.2) is 11.5 Å². The first kappa shape index (κ1) is 22.0. The van der Waals surface area contributed by atoms with Crippen molar-refractivity contribution in [2.45, 2.75) is 13.0 Å². The largest absolute Gasteiger partial charge is 0.493 e. The molecular weight excluding hydrogens is 439 g/mol.